The molecule has 0 spiro atoms. The van der Waals surface area contributed by atoms with Gasteiger partial charge in [0.1, 0.15) is 0 Å². The Hall–Kier alpha value is -0.610. The first-order valence-electron chi connectivity index (χ1n) is 6.15. The van der Waals surface area contributed by atoms with Crippen molar-refractivity contribution in [3.8, 4) is 0 Å². The summed E-state index contributed by atoms with van der Waals surface area (Å²) in [5, 5.41) is 12.8. The van der Waals surface area contributed by atoms with E-state index in [0.717, 1.165) is 6.42 Å². The monoisotopic (exact) mass is 228 g/mol. The zero-order valence-corrected chi connectivity index (χ0v) is 10.6. The van der Waals surface area contributed by atoms with Crippen LogP contribution in [-0.2, 0) is 4.79 Å². The number of aliphatic hydroxyl groups is 1. The number of amides is 1. The van der Waals surface area contributed by atoms with Gasteiger partial charge in [-0.1, -0.05) is 13.8 Å². The maximum atomic E-state index is 11.7. The van der Waals surface area contributed by atoms with Crippen LogP contribution in [0, 0.1) is 11.8 Å². The summed E-state index contributed by atoms with van der Waals surface area (Å²) >= 11 is 0. The van der Waals surface area contributed by atoms with Crippen molar-refractivity contribution in [1.29, 1.82) is 0 Å². The van der Waals surface area contributed by atoms with Gasteiger partial charge in [0.05, 0.1) is 12.6 Å². The Morgan fingerprint density at radius 2 is 2.25 bits per heavy atom. The second-order valence-electron chi connectivity index (χ2n) is 5.12. The van der Waals surface area contributed by atoms with Crippen molar-refractivity contribution in [3.63, 3.8) is 0 Å². The minimum atomic E-state index is -0.235. The van der Waals surface area contributed by atoms with Crippen LogP contribution in [0.1, 0.15) is 26.7 Å². The largest absolute Gasteiger partial charge is 0.393 e. The predicted molar refractivity (Wildman–Crippen MR) is 64.1 cm³/mol. The molecule has 0 radical (unpaired) electrons. The van der Waals surface area contributed by atoms with Crippen molar-refractivity contribution < 1.29 is 9.90 Å². The topological polar surface area (TPSA) is 52.6 Å². The van der Waals surface area contributed by atoms with E-state index in [4.69, 9.17) is 0 Å². The van der Waals surface area contributed by atoms with Gasteiger partial charge in [0.15, 0.2) is 0 Å². The Morgan fingerprint density at radius 1 is 1.56 bits per heavy atom. The Kier molecular flexibility index (Phi) is 5.22. The summed E-state index contributed by atoms with van der Waals surface area (Å²) in [6.45, 7) is 6.10. The second kappa shape index (κ2) is 6.21. The van der Waals surface area contributed by atoms with Gasteiger partial charge in [-0.15, -0.1) is 0 Å². The van der Waals surface area contributed by atoms with E-state index in [1.54, 1.807) is 7.05 Å². The zero-order valence-electron chi connectivity index (χ0n) is 10.6. The summed E-state index contributed by atoms with van der Waals surface area (Å²) in [5.41, 5.74) is 0. The van der Waals surface area contributed by atoms with Crippen molar-refractivity contribution in [1.82, 2.24) is 10.2 Å². The number of piperidine rings is 1. The molecule has 4 nitrogen and oxygen atoms in total. The molecule has 1 amide bonds. The first-order chi connectivity index (χ1) is 7.54. The normalized spacial score (nSPS) is 26.2. The Bertz CT molecular complexity index is 231. The van der Waals surface area contributed by atoms with E-state index in [1.165, 1.54) is 0 Å². The number of likely N-dealkylation sites (N-methyl/N-ethyl adjacent to an activating group) is 1. The molecule has 94 valence electrons. The second-order valence-corrected chi connectivity index (χ2v) is 5.12. The van der Waals surface area contributed by atoms with Gasteiger partial charge in [-0.2, -0.15) is 0 Å². The van der Waals surface area contributed by atoms with Crippen molar-refractivity contribution in [2.75, 3.05) is 26.7 Å². The first kappa shape index (κ1) is 13.5. The van der Waals surface area contributed by atoms with Crippen molar-refractivity contribution in [2.45, 2.75) is 32.8 Å². The average molecular weight is 228 g/mol. The standard InChI is InChI=1S/C12H24N2O2/c1-9(2)6-10-8-14(5-4-11(10)15)12(16)7-13-3/h9-11,13,15H,4-8H2,1-3H3/t10-,11-/m1/s1. The molecule has 1 rings (SSSR count). The lowest BCUT2D eigenvalue weighted by molar-refractivity contribution is -0.134. The van der Waals surface area contributed by atoms with Gasteiger partial charge in [0, 0.05) is 19.0 Å². The summed E-state index contributed by atoms with van der Waals surface area (Å²) < 4.78 is 0. The van der Waals surface area contributed by atoms with Crippen LogP contribution in [0.5, 0.6) is 0 Å². The number of aliphatic hydroxyl groups excluding tert-OH is 1. The van der Waals surface area contributed by atoms with E-state index in [9.17, 15) is 9.90 Å². The zero-order chi connectivity index (χ0) is 12.1. The number of rotatable bonds is 4. The molecule has 0 aromatic carbocycles. The molecule has 0 unspecified atom stereocenters. The minimum Gasteiger partial charge on any atom is -0.393 e. The fourth-order valence-electron chi connectivity index (χ4n) is 2.35. The van der Waals surface area contributed by atoms with Gasteiger partial charge in [0.25, 0.3) is 0 Å². The SMILES string of the molecule is CNCC(=O)N1CC[C@@H](O)[C@H](CC(C)C)C1. The predicted octanol–water partition coefficient (Wildman–Crippen LogP) is 0.461. The fraction of sp³-hybridized carbons (Fsp3) is 0.917. The molecular weight excluding hydrogens is 204 g/mol. The van der Waals surface area contributed by atoms with E-state index in [2.05, 4.69) is 19.2 Å². The van der Waals surface area contributed by atoms with Gasteiger partial charge < -0.3 is 15.3 Å². The lowest BCUT2D eigenvalue weighted by Crippen LogP contribution is -2.48. The average Bonchev–Trinajstić information content (AvgIpc) is 2.21. The van der Waals surface area contributed by atoms with E-state index in [-0.39, 0.29) is 17.9 Å². The van der Waals surface area contributed by atoms with E-state index in [0.29, 0.717) is 32.0 Å². The number of nitrogens with zero attached hydrogens (tertiary/aromatic N) is 1. The van der Waals surface area contributed by atoms with Crippen LogP contribution < -0.4 is 5.32 Å². The molecule has 16 heavy (non-hydrogen) atoms. The molecule has 0 saturated carbocycles. The van der Waals surface area contributed by atoms with Crippen LogP contribution in [0.4, 0.5) is 0 Å². The Balaban J connectivity index is 2.49. The third-order valence-corrected chi connectivity index (χ3v) is 3.15. The maximum Gasteiger partial charge on any atom is 0.236 e. The summed E-state index contributed by atoms with van der Waals surface area (Å²) in [6.07, 6.45) is 1.47. The summed E-state index contributed by atoms with van der Waals surface area (Å²) in [6, 6.07) is 0. The molecule has 0 bridgehead atoms. The van der Waals surface area contributed by atoms with Crippen molar-refractivity contribution in [3.05, 3.63) is 0 Å². The van der Waals surface area contributed by atoms with Crippen LogP contribution in [0.15, 0.2) is 0 Å². The number of nitrogens with one attached hydrogen (secondary N) is 1. The smallest absolute Gasteiger partial charge is 0.236 e. The molecule has 1 aliphatic heterocycles. The molecule has 0 aromatic heterocycles. The highest BCUT2D eigenvalue weighted by molar-refractivity contribution is 5.78. The lowest BCUT2D eigenvalue weighted by Gasteiger charge is -2.37. The minimum absolute atomic E-state index is 0.142. The van der Waals surface area contributed by atoms with Crippen molar-refractivity contribution >= 4 is 5.91 Å². The molecule has 0 aliphatic carbocycles. The lowest BCUT2D eigenvalue weighted by atomic mass is 9.87. The summed E-state index contributed by atoms with van der Waals surface area (Å²) in [5.74, 6) is 0.955. The molecule has 1 fully saturated rings. The van der Waals surface area contributed by atoms with E-state index in [1.807, 2.05) is 4.90 Å². The molecule has 0 aromatic rings. The molecule has 1 saturated heterocycles. The van der Waals surface area contributed by atoms with Crippen LogP contribution in [-0.4, -0.2) is 48.7 Å². The van der Waals surface area contributed by atoms with E-state index < -0.39 is 0 Å². The maximum absolute atomic E-state index is 11.7. The fourth-order valence-corrected chi connectivity index (χ4v) is 2.35. The Labute approximate surface area is 98.0 Å². The van der Waals surface area contributed by atoms with Gasteiger partial charge in [-0.3, -0.25) is 4.79 Å². The van der Waals surface area contributed by atoms with Gasteiger partial charge in [-0.25, -0.2) is 0 Å². The van der Waals surface area contributed by atoms with Crippen LogP contribution in [0.25, 0.3) is 0 Å². The highest BCUT2D eigenvalue weighted by Crippen LogP contribution is 2.23. The number of likely N-dealkylation sites (tertiary alicyclic amines) is 1. The Morgan fingerprint density at radius 3 is 2.81 bits per heavy atom. The number of carbonyl (C=O) groups is 1. The van der Waals surface area contributed by atoms with Crippen molar-refractivity contribution in [2.24, 2.45) is 11.8 Å². The highest BCUT2D eigenvalue weighted by Gasteiger charge is 2.30. The number of hydrogen-bond acceptors (Lipinski definition) is 3. The van der Waals surface area contributed by atoms with Crippen LogP contribution in [0.2, 0.25) is 0 Å². The van der Waals surface area contributed by atoms with Crippen LogP contribution >= 0.6 is 0 Å². The van der Waals surface area contributed by atoms with Crippen LogP contribution in [0.3, 0.4) is 0 Å². The molecule has 2 atom stereocenters. The quantitative estimate of drug-likeness (QED) is 0.735. The molecule has 2 N–H and O–H groups in total. The molecule has 1 aliphatic rings. The van der Waals surface area contributed by atoms with E-state index >= 15 is 0 Å². The third kappa shape index (κ3) is 3.76. The van der Waals surface area contributed by atoms with Gasteiger partial charge >= 0.3 is 0 Å². The highest BCUT2D eigenvalue weighted by atomic mass is 16.3. The molecule has 4 heteroatoms. The van der Waals surface area contributed by atoms with Gasteiger partial charge in [-0.05, 0) is 25.8 Å². The molecular formula is C12H24N2O2. The number of carbonyl (C=O) groups excluding carboxylic acids is 1. The first-order valence-corrected chi connectivity index (χ1v) is 6.15. The third-order valence-electron chi connectivity index (χ3n) is 3.15. The summed E-state index contributed by atoms with van der Waals surface area (Å²) in [7, 11) is 1.78. The summed E-state index contributed by atoms with van der Waals surface area (Å²) in [4.78, 5) is 13.6. The van der Waals surface area contributed by atoms with Gasteiger partial charge in [0.2, 0.25) is 5.91 Å². The molecule has 1 heterocycles. The number of hydrogen-bond donors (Lipinski definition) is 2.